The molecule has 0 amide bonds. The maximum absolute atomic E-state index is 5.01. The number of aromatic nitrogens is 6. The second-order valence-electron chi connectivity index (χ2n) is 7.95. The van der Waals surface area contributed by atoms with Crippen LogP contribution in [0.5, 0.6) is 0 Å². The average Bonchev–Trinajstić information content (AvgIpc) is 3.11. The van der Waals surface area contributed by atoms with Crippen molar-refractivity contribution < 1.29 is 30.7 Å². The Balaban J connectivity index is 0.000000250. The Hall–Kier alpha value is 0.999. The Morgan fingerprint density at radius 2 is 0.822 bits per heavy atom. The van der Waals surface area contributed by atoms with Gasteiger partial charge in [-0.2, -0.15) is 0 Å². The summed E-state index contributed by atoms with van der Waals surface area (Å²) in [6, 6.07) is 28.6. The van der Waals surface area contributed by atoms with E-state index in [2.05, 4.69) is 51.5 Å². The fraction of sp³-hybridized carbons (Fsp3) is 0. The van der Waals surface area contributed by atoms with Gasteiger partial charge in [0, 0.05) is 59.7 Å². The smallest absolute Gasteiger partial charge is 0.0717 e. The van der Waals surface area contributed by atoms with Gasteiger partial charge in [-0.25, -0.2) is 0 Å². The first-order valence-electron chi connectivity index (χ1n) is 12.9. The van der Waals surface area contributed by atoms with Gasteiger partial charge in [-0.1, -0.05) is 47.5 Å². The first-order valence-corrected chi connectivity index (χ1v) is 43.0. The summed E-state index contributed by atoms with van der Waals surface area (Å²) < 4.78 is 0. The van der Waals surface area contributed by atoms with Gasteiger partial charge in [0.2, 0.25) is 0 Å². The summed E-state index contributed by atoms with van der Waals surface area (Å²) in [5, 5.41) is 0. The maximum Gasteiger partial charge on any atom is 0.0717 e. The van der Waals surface area contributed by atoms with Crippen LogP contribution in [0.3, 0.4) is 0 Å². The van der Waals surface area contributed by atoms with E-state index >= 15 is 0 Å². The molecule has 0 atom stereocenters. The molecule has 6 aromatic rings. The minimum atomic E-state index is -3.06. The topological polar surface area (TPSA) is 77.3 Å². The standard InChI is InChI=1S/C15H11N3.C15H10N3.5ClH.2K.2Pt/c2*1-3-7-17-14(5-1)12-9-13(11-16-10-12)15-6-2-4-8-18-15;;;;;;;;;/h1-11H;1-8,10-11H;5*1H;;;;/q;-1;;;;;;;;+2;+4/p-5. The summed E-state index contributed by atoms with van der Waals surface area (Å²) >= 11 is 1.06. The fourth-order valence-corrected chi connectivity index (χ4v) is 3.49. The van der Waals surface area contributed by atoms with Gasteiger partial charge < -0.3 is 4.98 Å². The quantitative estimate of drug-likeness (QED) is 0.130. The number of nitrogens with zero attached hydrogens (tertiary/aromatic N) is 6. The van der Waals surface area contributed by atoms with Crippen LogP contribution in [0.15, 0.2) is 128 Å². The molecule has 6 rings (SSSR count). The summed E-state index contributed by atoms with van der Waals surface area (Å²) in [4.78, 5) is 25.7. The first kappa shape index (κ1) is 42.2. The maximum atomic E-state index is 5.01. The van der Waals surface area contributed by atoms with Crippen molar-refractivity contribution in [1.29, 1.82) is 0 Å². The molecule has 0 bridgehead atoms. The van der Waals surface area contributed by atoms with Crippen molar-refractivity contribution in [2.45, 2.75) is 0 Å². The molecule has 0 spiro atoms. The molecule has 0 aliphatic rings. The van der Waals surface area contributed by atoms with Gasteiger partial charge >= 0.3 is 141 Å². The van der Waals surface area contributed by atoms with Crippen LogP contribution < -0.4 is 0 Å². The van der Waals surface area contributed by atoms with Crippen molar-refractivity contribution in [2.75, 3.05) is 0 Å². The molecule has 0 radical (unpaired) electrons. The Morgan fingerprint density at radius 1 is 0.511 bits per heavy atom. The number of pyridine rings is 6. The molecular formula is C30H21Cl5K2N6Pt2. The van der Waals surface area contributed by atoms with Crippen LogP contribution in [0, 0.1) is 6.07 Å². The first-order chi connectivity index (χ1) is 21.9. The summed E-state index contributed by atoms with van der Waals surface area (Å²) in [7, 11) is 24.6. The van der Waals surface area contributed by atoms with E-state index < -0.39 is 11.9 Å². The molecule has 228 valence electrons. The number of hydrogen-bond acceptors (Lipinski definition) is 6. The van der Waals surface area contributed by atoms with E-state index in [1.165, 1.54) is 63.2 Å². The van der Waals surface area contributed by atoms with E-state index in [9.17, 15) is 0 Å². The summed E-state index contributed by atoms with van der Waals surface area (Å²) in [5.74, 6) is 0. The van der Waals surface area contributed by atoms with Gasteiger partial charge in [-0.15, -0.1) is 6.07 Å². The van der Waals surface area contributed by atoms with E-state index in [4.69, 9.17) is 37.7 Å². The fourth-order valence-electron chi connectivity index (χ4n) is 3.49. The van der Waals surface area contributed by atoms with Crippen molar-refractivity contribution >= 4 is 110 Å². The van der Waals surface area contributed by atoms with E-state index in [0.29, 0.717) is 0 Å². The third kappa shape index (κ3) is 17.5. The Labute approximate surface area is 342 Å². The number of rotatable bonds is 4. The zero-order chi connectivity index (χ0) is 32.9. The van der Waals surface area contributed by atoms with Crippen LogP contribution >= 0.6 is 47.1 Å². The molecular weight excluding hydrogens is 1090 g/mol. The Bertz CT molecular complexity index is 1410. The van der Waals surface area contributed by atoms with Crippen LogP contribution in [0.2, 0.25) is 0 Å². The van der Waals surface area contributed by atoms with Crippen molar-refractivity contribution in [1.82, 2.24) is 29.9 Å². The predicted octanol–water partition coefficient (Wildman–Crippen LogP) is 8.89. The summed E-state index contributed by atoms with van der Waals surface area (Å²) in [5.41, 5.74) is 7.31. The monoisotopic (exact) mass is 1110 g/mol. The van der Waals surface area contributed by atoms with E-state index in [1.54, 1.807) is 56.0 Å². The Kier molecular flexibility index (Phi) is 23.5. The molecule has 0 fully saturated rings. The largest absolute Gasteiger partial charge is 0.341 e. The Morgan fingerprint density at radius 3 is 1.13 bits per heavy atom. The van der Waals surface area contributed by atoms with Gasteiger partial charge in [0.1, 0.15) is 0 Å². The van der Waals surface area contributed by atoms with Crippen LogP contribution in [-0.4, -0.2) is 93.1 Å². The zero-order valence-electron chi connectivity index (χ0n) is 23.8. The second-order valence-corrected chi connectivity index (χ2v) is 27.6. The van der Waals surface area contributed by atoms with Crippen molar-refractivity contribution in [3.8, 4) is 45.0 Å². The van der Waals surface area contributed by atoms with Crippen molar-refractivity contribution in [3.63, 3.8) is 0 Å². The molecule has 0 aromatic carbocycles. The third-order valence-corrected chi connectivity index (χ3v) is 5.22. The molecule has 0 N–H and O–H groups in total. The number of halogens is 5. The van der Waals surface area contributed by atoms with Gasteiger partial charge in [-0.3, -0.25) is 24.9 Å². The average molecular weight is 1110 g/mol. The van der Waals surface area contributed by atoms with Crippen LogP contribution in [0.1, 0.15) is 0 Å². The predicted molar refractivity (Wildman–Crippen MR) is 181 cm³/mol. The van der Waals surface area contributed by atoms with Crippen molar-refractivity contribution in [2.24, 2.45) is 0 Å². The normalized spacial score (nSPS) is 10.2. The van der Waals surface area contributed by atoms with Gasteiger partial charge in [0.15, 0.2) is 0 Å². The van der Waals surface area contributed by atoms with Crippen LogP contribution in [-0.2, 0) is 30.7 Å². The summed E-state index contributed by atoms with van der Waals surface area (Å²) in [6.45, 7) is 0. The van der Waals surface area contributed by atoms with E-state index in [-0.39, 0.29) is 0 Å². The molecule has 15 heteroatoms. The molecule has 6 heterocycles. The van der Waals surface area contributed by atoms with E-state index in [0.717, 1.165) is 45.0 Å². The SMILES string of the molecule is [Cl][Pt+].[Cl][Pt]([Cl])([Cl])[Cl].[K][K].[c-]1c(-c2ccccn2)cncc1-c1ccccn1.c1ccc(-c2cncc(-c3ccccn3)c2)nc1. The second kappa shape index (κ2) is 25.0. The van der Waals surface area contributed by atoms with Gasteiger partial charge in [-0.05, 0) is 54.9 Å². The molecule has 0 saturated heterocycles. The molecule has 0 saturated carbocycles. The summed E-state index contributed by atoms with van der Waals surface area (Å²) in [6.07, 6.45) is 14.2. The minimum absolute atomic E-state index is 0.864. The third-order valence-electron chi connectivity index (χ3n) is 5.22. The minimum Gasteiger partial charge on any atom is -0.341 e. The molecule has 6 aromatic heterocycles. The van der Waals surface area contributed by atoms with Gasteiger partial charge in [0.25, 0.3) is 0 Å². The van der Waals surface area contributed by atoms with Crippen LogP contribution in [0.25, 0.3) is 45.0 Å². The number of hydrogen-bond donors (Lipinski definition) is 0. The molecule has 45 heavy (non-hydrogen) atoms. The van der Waals surface area contributed by atoms with Crippen LogP contribution in [0.4, 0.5) is 0 Å². The molecule has 6 nitrogen and oxygen atoms in total. The molecule has 0 aliphatic carbocycles. The van der Waals surface area contributed by atoms with Crippen molar-refractivity contribution in [3.05, 3.63) is 135 Å². The molecule has 0 aliphatic heterocycles. The zero-order valence-corrected chi connectivity index (χ0v) is 38.4. The van der Waals surface area contributed by atoms with E-state index in [1.807, 2.05) is 85.2 Å². The molecule has 0 unspecified atom stereocenters. The van der Waals surface area contributed by atoms with Gasteiger partial charge in [0.05, 0.1) is 11.4 Å².